The molecule has 9 nitrogen and oxygen atoms in total. The molecule has 0 spiro atoms. The van der Waals surface area contributed by atoms with Gasteiger partial charge < -0.3 is 25.1 Å². The van der Waals surface area contributed by atoms with Crippen LogP contribution in [-0.2, 0) is 19.8 Å². The summed E-state index contributed by atoms with van der Waals surface area (Å²) < 4.78 is 11.3. The summed E-state index contributed by atoms with van der Waals surface area (Å²) in [5.74, 6) is 0.189. The number of aromatic nitrogens is 2. The number of imidazole rings is 1. The van der Waals surface area contributed by atoms with Crippen molar-refractivity contribution in [2.24, 2.45) is 0 Å². The molecule has 0 aliphatic heterocycles. The van der Waals surface area contributed by atoms with Crippen LogP contribution >= 0.6 is 0 Å². The Balaban J connectivity index is 1.71. The Morgan fingerprint density at radius 3 is 2.30 bits per heavy atom. The van der Waals surface area contributed by atoms with Crippen LogP contribution in [0, 0.1) is 5.41 Å². The van der Waals surface area contributed by atoms with Gasteiger partial charge in [-0.05, 0) is 52.5 Å². The number of hydrogen-bond donors (Lipinski definition) is 4. The average Bonchev–Trinajstić information content (AvgIpc) is 3.35. The minimum atomic E-state index is -0.571. The number of rotatable bonds is 9. The third-order valence-corrected chi connectivity index (χ3v) is 6.70. The number of aromatic amines is 1. The van der Waals surface area contributed by atoms with E-state index in [1.54, 1.807) is 0 Å². The van der Waals surface area contributed by atoms with Crippen LogP contribution in [0.5, 0.6) is 0 Å². The van der Waals surface area contributed by atoms with Crippen LogP contribution in [0.4, 0.5) is 4.79 Å². The number of nitrogens with zero attached hydrogens (tertiary/aromatic N) is 1. The molecule has 1 saturated carbocycles. The molecule has 1 fully saturated rings. The zero-order valence-electron chi connectivity index (χ0n) is 23.7. The molecule has 1 aromatic heterocycles. The maximum absolute atomic E-state index is 12.6. The van der Waals surface area contributed by atoms with Gasteiger partial charge in [0.15, 0.2) is 11.6 Å². The molecule has 1 aliphatic carbocycles. The summed E-state index contributed by atoms with van der Waals surface area (Å²) in [6, 6.07) is 17.9. The lowest BCUT2D eigenvalue weighted by atomic mass is 9.71. The van der Waals surface area contributed by atoms with Crippen LogP contribution in [0.25, 0.3) is 28.3 Å². The Kier molecular flexibility index (Phi) is 8.42. The lowest BCUT2D eigenvalue weighted by molar-refractivity contribution is -0.114. The standard InChI is InChI=1S/C31H37N5O4/c1-6-39-24(19-23(32)28(37)33-5)27-34-25(20-11-8-7-9-12-20)26(35-27)21-13-15-22(16-14-21)31(17-10-18-31)36-29(38)40-30(2,3)4/h7-9,11-16,19,32H,6,10,17-18H2,1-5H3,(H,33,37)(H,34,35)(H,36,38)/b24-19+,32-23?. The van der Waals surface area contributed by atoms with Crippen molar-refractivity contribution in [1.82, 2.24) is 20.6 Å². The fourth-order valence-electron chi connectivity index (χ4n) is 4.64. The molecule has 0 atom stereocenters. The Labute approximate surface area is 234 Å². The molecule has 2 aromatic carbocycles. The largest absolute Gasteiger partial charge is 0.490 e. The molecule has 2 amide bonds. The Bertz CT molecular complexity index is 1400. The molecule has 1 aliphatic rings. The molecule has 40 heavy (non-hydrogen) atoms. The topological polar surface area (TPSA) is 129 Å². The Hall–Kier alpha value is -4.40. The van der Waals surface area contributed by atoms with Crippen molar-refractivity contribution in [1.29, 1.82) is 5.41 Å². The summed E-state index contributed by atoms with van der Waals surface area (Å²) in [6.07, 6.45) is 3.66. The zero-order valence-corrected chi connectivity index (χ0v) is 23.7. The minimum absolute atomic E-state index is 0.238. The normalized spacial score (nSPS) is 14.6. The predicted octanol–water partition coefficient (Wildman–Crippen LogP) is 5.79. The van der Waals surface area contributed by atoms with Gasteiger partial charge >= 0.3 is 6.09 Å². The number of carbonyl (C=O) groups is 2. The van der Waals surface area contributed by atoms with Crippen molar-refractivity contribution in [3.63, 3.8) is 0 Å². The Morgan fingerprint density at radius 2 is 1.75 bits per heavy atom. The SMILES string of the molecule is CCO/C(=C/C(=N)C(=O)NC)c1nc(-c2ccccc2)c(-c2ccc(C3(NC(=O)OC(C)(C)C)CCC3)cc2)[nH]1. The summed E-state index contributed by atoms with van der Waals surface area (Å²) in [4.78, 5) is 32.8. The first-order valence-electron chi connectivity index (χ1n) is 13.5. The van der Waals surface area contributed by atoms with Crippen molar-refractivity contribution in [2.45, 2.75) is 58.1 Å². The van der Waals surface area contributed by atoms with Gasteiger partial charge in [-0.1, -0.05) is 54.6 Å². The number of ether oxygens (including phenoxy) is 2. The van der Waals surface area contributed by atoms with Crippen LogP contribution < -0.4 is 10.6 Å². The second-order valence-electron chi connectivity index (χ2n) is 10.7. The molecule has 4 rings (SSSR count). The second-order valence-corrected chi connectivity index (χ2v) is 10.7. The van der Waals surface area contributed by atoms with E-state index in [0.29, 0.717) is 23.9 Å². The highest BCUT2D eigenvalue weighted by atomic mass is 16.6. The second kappa shape index (κ2) is 11.8. The van der Waals surface area contributed by atoms with Crippen LogP contribution in [-0.4, -0.2) is 46.9 Å². The highest BCUT2D eigenvalue weighted by Crippen LogP contribution is 2.42. The van der Waals surface area contributed by atoms with Gasteiger partial charge in [0.25, 0.3) is 5.91 Å². The zero-order chi connectivity index (χ0) is 28.9. The molecule has 1 heterocycles. The van der Waals surface area contributed by atoms with E-state index in [1.807, 2.05) is 82.3 Å². The van der Waals surface area contributed by atoms with E-state index in [4.69, 9.17) is 19.9 Å². The van der Waals surface area contributed by atoms with E-state index in [-0.39, 0.29) is 5.71 Å². The fraction of sp³-hybridized carbons (Fsp3) is 0.355. The highest BCUT2D eigenvalue weighted by Gasteiger charge is 2.41. The fourth-order valence-corrected chi connectivity index (χ4v) is 4.64. The summed E-state index contributed by atoms with van der Waals surface area (Å²) in [5.41, 5.74) is 3.04. The smallest absolute Gasteiger partial charge is 0.408 e. The van der Waals surface area contributed by atoms with Crippen molar-refractivity contribution in [3.05, 3.63) is 72.1 Å². The van der Waals surface area contributed by atoms with Crippen LogP contribution in [0.2, 0.25) is 0 Å². The van der Waals surface area contributed by atoms with E-state index in [9.17, 15) is 9.59 Å². The van der Waals surface area contributed by atoms with Crippen molar-refractivity contribution in [2.75, 3.05) is 13.7 Å². The van der Waals surface area contributed by atoms with E-state index < -0.39 is 23.1 Å². The summed E-state index contributed by atoms with van der Waals surface area (Å²) in [5, 5.41) is 13.7. The number of nitrogens with one attached hydrogen (secondary N) is 4. The first kappa shape index (κ1) is 28.6. The molecule has 0 unspecified atom stereocenters. The molecule has 3 aromatic rings. The predicted molar refractivity (Wildman–Crippen MR) is 156 cm³/mol. The summed E-state index contributed by atoms with van der Waals surface area (Å²) in [7, 11) is 1.48. The molecule has 0 radical (unpaired) electrons. The monoisotopic (exact) mass is 543 g/mol. The van der Waals surface area contributed by atoms with Gasteiger partial charge in [-0.2, -0.15) is 0 Å². The first-order valence-corrected chi connectivity index (χ1v) is 13.5. The molecular weight excluding hydrogens is 506 g/mol. The number of H-pyrrole nitrogens is 1. The maximum atomic E-state index is 12.6. The first-order chi connectivity index (χ1) is 19.0. The molecule has 9 heteroatoms. The van der Waals surface area contributed by atoms with Gasteiger partial charge in [0, 0.05) is 24.3 Å². The van der Waals surface area contributed by atoms with Gasteiger partial charge in [0.05, 0.1) is 23.5 Å². The van der Waals surface area contributed by atoms with Crippen LogP contribution in [0.15, 0.2) is 60.7 Å². The van der Waals surface area contributed by atoms with Crippen molar-refractivity contribution < 1.29 is 19.1 Å². The van der Waals surface area contributed by atoms with Crippen molar-refractivity contribution in [3.8, 4) is 22.5 Å². The quantitative estimate of drug-likeness (QED) is 0.201. The van der Waals surface area contributed by atoms with Gasteiger partial charge in [-0.25, -0.2) is 9.78 Å². The van der Waals surface area contributed by atoms with Crippen LogP contribution in [0.3, 0.4) is 0 Å². The van der Waals surface area contributed by atoms with Gasteiger partial charge in [0.1, 0.15) is 11.3 Å². The number of alkyl carbamates (subject to hydrolysis) is 1. The summed E-state index contributed by atoms with van der Waals surface area (Å²) in [6.45, 7) is 7.73. The minimum Gasteiger partial charge on any atom is -0.490 e. The third-order valence-electron chi connectivity index (χ3n) is 6.70. The molecule has 0 bridgehead atoms. The third kappa shape index (κ3) is 6.42. The van der Waals surface area contributed by atoms with Gasteiger partial charge in [0.2, 0.25) is 0 Å². The van der Waals surface area contributed by atoms with E-state index in [0.717, 1.165) is 41.6 Å². The maximum Gasteiger partial charge on any atom is 0.408 e. The van der Waals surface area contributed by atoms with E-state index >= 15 is 0 Å². The van der Waals surface area contributed by atoms with Crippen LogP contribution in [0.1, 0.15) is 58.3 Å². The molecule has 0 saturated heterocycles. The van der Waals surface area contributed by atoms with E-state index in [2.05, 4.69) is 15.6 Å². The molecule has 4 N–H and O–H groups in total. The Morgan fingerprint density at radius 1 is 1.07 bits per heavy atom. The van der Waals surface area contributed by atoms with Gasteiger partial charge in [-0.15, -0.1) is 0 Å². The lowest BCUT2D eigenvalue weighted by Crippen LogP contribution is -2.52. The average molecular weight is 544 g/mol. The van der Waals surface area contributed by atoms with E-state index in [1.165, 1.54) is 13.1 Å². The number of amides is 2. The molecular formula is C31H37N5O4. The lowest BCUT2D eigenvalue weighted by Gasteiger charge is -2.43. The number of carbonyl (C=O) groups excluding carboxylic acids is 2. The number of hydrogen-bond acceptors (Lipinski definition) is 6. The highest BCUT2D eigenvalue weighted by molar-refractivity contribution is 6.42. The molecule has 210 valence electrons. The van der Waals surface area contributed by atoms with Crippen molar-refractivity contribution >= 4 is 23.5 Å². The number of benzene rings is 2. The van der Waals surface area contributed by atoms with Gasteiger partial charge in [-0.3, -0.25) is 10.2 Å². The summed E-state index contributed by atoms with van der Waals surface area (Å²) >= 11 is 0.